The van der Waals surface area contributed by atoms with Gasteiger partial charge in [-0.05, 0) is 43.2 Å². The van der Waals surface area contributed by atoms with Gasteiger partial charge in [0.1, 0.15) is 6.04 Å². The van der Waals surface area contributed by atoms with E-state index in [1.807, 2.05) is 6.07 Å². The lowest BCUT2D eigenvalue weighted by Gasteiger charge is -2.34. The smallest absolute Gasteiger partial charge is 0.391 e. The van der Waals surface area contributed by atoms with Gasteiger partial charge in [0.2, 0.25) is 11.8 Å². The van der Waals surface area contributed by atoms with E-state index < -0.39 is 24.5 Å². The minimum atomic E-state index is -4.50. The first kappa shape index (κ1) is 18.8. The Hall–Kier alpha value is -2.58. The van der Waals surface area contributed by atoms with Gasteiger partial charge in [0.15, 0.2) is 0 Å². The summed E-state index contributed by atoms with van der Waals surface area (Å²) in [6.07, 6.45) is -1.76. The number of alkyl halides is 3. The Morgan fingerprint density at radius 3 is 2.43 bits per heavy atom. The monoisotopic (exact) mass is 394 g/mol. The Bertz CT molecular complexity index is 823. The zero-order valence-electron chi connectivity index (χ0n) is 15.2. The van der Waals surface area contributed by atoms with Crippen LogP contribution in [0.15, 0.2) is 34.7 Å². The number of benzene rings is 1. The van der Waals surface area contributed by atoms with Gasteiger partial charge in [0.25, 0.3) is 0 Å². The first-order chi connectivity index (χ1) is 13.3. The Morgan fingerprint density at radius 2 is 1.82 bits per heavy atom. The average Bonchev–Trinajstić information content (AvgIpc) is 3.25. The van der Waals surface area contributed by atoms with Gasteiger partial charge in [-0.2, -0.15) is 13.2 Å². The molecule has 1 aromatic carbocycles. The second-order valence-corrected chi connectivity index (χ2v) is 7.62. The summed E-state index contributed by atoms with van der Waals surface area (Å²) in [6.45, 7) is 0.988. The van der Waals surface area contributed by atoms with Gasteiger partial charge in [-0.25, -0.2) is 0 Å². The van der Waals surface area contributed by atoms with E-state index >= 15 is 0 Å². The SMILES string of the molecule is O=C([C@@H](CC(F)(F)F)Nc1nnc(-c2ccccc2)o1)N1CCC2(CC1)CC2. The van der Waals surface area contributed by atoms with E-state index in [0.717, 1.165) is 25.7 Å². The van der Waals surface area contributed by atoms with Crippen molar-refractivity contribution in [1.82, 2.24) is 15.1 Å². The predicted octanol–water partition coefficient (Wildman–Crippen LogP) is 3.87. The second-order valence-electron chi connectivity index (χ2n) is 7.62. The zero-order valence-corrected chi connectivity index (χ0v) is 15.2. The average molecular weight is 394 g/mol. The van der Waals surface area contributed by atoms with Crippen LogP contribution in [-0.4, -0.2) is 46.3 Å². The Labute approximate surface area is 160 Å². The third kappa shape index (κ3) is 4.28. The predicted molar refractivity (Wildman–Crippen MR) is 95.3 cm³/mol. The molecule has 2 fully saturated rings. The lowest BCUT2D eigenvalue weighted by atomic mass is 9.93. The number of nitrogens with zero attached hydrogens (tertiary/aromatic N) is 3. The van der Waals surface area contributed by atoms with Crippen LogP contribution in [0, 0.1) is 5.41 Å². The van der Waals surface area contributed by atoms with Crippen molar-refractivity contribution >= 4 is 11.9 Å². The van der Waals surface area contributed by atoms with Crippen LogP contribution in [-0.2, 0) is 4.79 Å². The highest BCUT2D eigenvalue weighted by Gasteiger charge is 2.46. The Morgan fingerprint density at radius 1 is 1.14 bits per heavy atom. The van der Waals surface area contributed by atoms with Crippen molar-refractivity contribution in [2.24, 2.45) is 5.41 Å². The van der Waals surface area contributed by atoms with Gasteiger partial charge in [0.05, 0.1) is 6.42 Å². The fourth-order valence-electron chi connectivity index (χ4n) is 3.66. The number of carbonyl (C=O) groups excluding carboxylic acids is 1. The number of aromatic nitrogens is 2. The molecular weight excluding hydrogens is 373 g/mol. The summed E-state index contributed by atoms with van der Waals surface area (Å²) in [5.74, 6) is -0.401. The Balaban J connectivity index is 1.47. The molecule has 1 saturated carbocycles. The van der Waals surface area contributed by atoms with E-state index in [4.69, 9.17) is 4.42 Å². The molecule has 6 nitrogen and oxygen atoms in total. The zero-order chi connectivity index (χ0) is 19.8. The van der Waals surface area contributed by atoms with Crippen LogP contribution in [0.2, 0.25) is 0 Å². The standard InChI is InChI=1S/C19H21F3N4O2/c20-19(21,22)12-14(16(27)26-10-8-18(6-7-18)9-11-26)23-17-25-24-15(28-17)13-4-2-1-3-5-13/h1-5,14H,6-12H2,(H,23,25)/t14-/m1/s1. The van der Waals surface area contributed by atoms with Gasteiger partial charge in [0, 0.05) is 18.7 Å². The molecule has 0 radical (unpaired) electrons. The highest BCUT2D eigenvalue weighted by molar-refractivity contribution is 5.84. The number of likely N-dealkylation sites (tertiary alicyclic amines) is 1. The highest BCUT2D eigenvalue weighted by Crippen LogP contribution is 2.53. The summed E-state index contributed by atoms with van der Waals surface area (Å²) in [7, 11) is 0. The van der Waals surface area contributed by atoms with E-state index in [9.17, 15) is 18.0 Å². The van der Waals surface area contributed by atoms with E-state index in [0.29, 0.717) is 24.1 Å². The molecule has 2 heterocycles. The molecule has 9 heteroatoms. The number of halogens is 3. The molecule has 4 rings (SSSR count). The van der Waals surface area contributed by atoms with Crippen LogP contribution >= 0.6 is 0 Å². The fraction of sp³-hybridized carbons (Fsp3) is 0.526. The van der Waals surface area contributed by atoms with Crippen LogP contribution in [0.4, 0.5) is 19.2 Å². The molecular formula is C19H21F3N4O2. The quantitative estimate of drug-likeness (QED) is 0.834. The fourth-order valence-corrected chi connectivity index (χ4v) is 3.66. The molecule has 1 N–H and O–H groups in total. The van der Waals surface area contributed by atoms with Crippen LogP contribution < -0.4 is 5.32 Å². The molecule has 1 amide bonds. The van der Waals surface area contributed by atoms with E-state index in [2.05, 4.69) is 15.5 Å². The number of carbonyl (C=O) groups is 1. The molecule has 1 aromatic heterocycles. The second kappa shape index (κ2) is 7.10. The Kier molecular flexibility index (Phi) is 4.76. The van der Waals surface area contributed by atoms with E-state index in [1.165, 1.54) is 4.90 Å². The largest absolute Gasteiger partial charge is 0.403 e. The van der Waals surface area contributed by atoms with Crippen molar-refractivity contribution in [3.63, 3.8) is 0 Å². The first-order valence-corrected chi connectivity index (χ1v) is 9.35. The minimum Gasteiger partial charge on any atom is -0.403 e. The van der Waals surface area contributed by atoms with Crippen LogP contribution in [0.1, 0.15) is 32.1 Å². The van der Waals surface area contributed by atoms with Crippen LogP contribution in [0.25, 0.3) is 11.5 Å². The van der Waals surface area contributed by atoms with E-state index in [-0.39, 0.29) is 11.9 Å². The lowest BCUT2D eigenvalue weighted by Crippen LogP contribution is -2.48. The molecule has 28 heavy (non-hydrogen) atoms. The molecule has 1 saturated heterocycles. The van der Waals surface area contributed by atoms with Gasteiger partial charge in [-0.1, -0.05) is 23.3 Å². The topological polar surface area (TPSA) is 71.3 Å². The third-order valence-electron chi connectivity index (χ3n) is 5.57. The van der Waals surface area contributed by atoms with Crippen molar-refractivity contribution < 1.29 is 22.4 Å². The molecule has 150 valence electrons. The lowest BCUT2D eigenvalue weighted by molar-refractivity contribution is -0.152. The molecule has 1 aliphatic carbocycles. The molecule has 0 unspecified atom stereocenters. The summed E-state index contributed by atoms with van der Waals surface area (Å²) in [5.41, 5.74) is 0.980. The highest BCUT2D eigenvalue weighted by atomic mass is 19.4. The third-order valence-corrected chi connectivity index (χ3v) is 5.57. The number of rotatable bonds is 5. The molecule has 1 spiro atoms. The van der Waals surface area contributed by atoms with Crippen molar-refractivity contribution in [2.75, 3.05) is 18.4 Å². The first-order valence-electron chi connectivity index (χ1n) is 9.35. The summed E-state index contributed by atoms with van der Waals surface area (Å²) in [4.78, 5) is 14.3. The van der Waals surface area contributed by atoms with Crippen molar-refractivity contribution in [3.05, 3.63) is 30.3 Å². The normalized spacial score (nSPS) is 19.5. The maximum atomic E-state index is 13.1. The number of anilines is 1. The van der Waals surface area contributed by atoms with Gasteiger partial charge >= 0.3 is 12.2 Å². The number of amides is 1. The van der Waals surface area contributed by atoms with Crippen LogP contribution in [0.5, 0.6) is 0 Å². The van der Waals surface area contributed by atoms with Crippen molar-refractivity contribution in [2.45, 2.75) is 44.3 Å². The summed E-state index contributed by atoms with van der Waals surface area (Å²) in [6, 6.07) is 7.20. The molecule has 0 bridgehead atoms. The van der Waals surface area contributed by atoms with Gasteiger partial charge in [-0.3, -0.25) is 4.79 Å². The maximum Gasteiger partial charge on any atom is 0.391 e. The maximum absolute atomic E-state index is 13.1. The van der Waals surface area contributed by atoms with Gasteiger partial charge < -0.3 is 14.6 Å². The number of piperidine rings is 1. The molecule has 1 aliphatic heterocycles. The summed E-state index contributed by atoms with van der Waals surface area (Å²) in [5, 5.41) is 10.1. The van der Waals surface area contributed by atoms with Gasteiger partial charge in [-0.15, -0.1) is 5.10 Å². The molecule has 2 aliphatic rings. The van der Waals surface area contributed by atoms with Crippen molar-refractivity contribution in [3.8, 4) is 11.5 Å². The summed E-state index contributed by atoms with van der Waals surface area (Å²) >= 11 is 0. The summed E-state index contributed by atoms with van der Waals surface area (Å²) < 4.78 is 44.6. The molecule has 2 aromatic rings. The minimum absolute atomic E-state index is 0.176. The van der Waals surface area contributed by atoms with Crippen LogP contribution in [0.3, 0.4) is 0 Å². The number of nitrogens with one attached hydrogen (secondary N) is 1. The number of hydrogen-bond donors (Lipinski definition) is 1. The van der Waals surface area contributed by atoms with Crippen molar-refractivity contribution in [1.29, 1.82) is 0 Å². The molecule has 1 atom stereocenters. The number of hydrogen-bond acceptors (Lipinski definition) is 5. The van der Waals surface area contributed by atoms with E-state index in [1.54, 1.807) is 24.3 Å².